The van der Waals surface area contributed by atoms with Crippen molar-refractivity contribution in [3.8, 4) is 6.07 Å². The summed E-state index contributed by atoms with van der Waals surface area (Å²) in [6.07, 6.45) is 0.621. The lowest BCUT2D eigenvalue weighted by Gasteiger charge is -2.07. The van der Waals surface area contributed by atoms with E-state index in [-0.39, 0.29) is 11.9 Å². The number of nitrogens with one attached hydrogen (secondary N) is 1. The van der Waals surface area contributed by atoms with Crippen molar-refractivity contribution >= 4 is 5.91 Å². The molecule has 1 amide bonds. The minimum absolute atomic E-state index is 0.251. The fraction of sp³-hybridized carbons (Fsp3) is 0.500. The van der Waals surface area contributed by atoms with Gasteiger partial charge in [0.15, 0.2) is 0 Å². The van der Waals surface area contributed by atoms with E-state index in [2.05, 4.69) is 11.9 Å². The highest BCUT2D eigenvalue weighted by atomic mass is 16.1. The smallest absolute Gasteiger partial charge is 0.247 e. The van der Waals surface area contributed by atoms with Crippen molar-refractivity contribution in [3.63, 3.8) is 0 Å². The van der Waals surface area contributed by atoms with Gasteiger partial charge in [0.05, 0.1) is 6.07 Å². The second-order valence-electron chi connectivity index (χ2n) is 2.34. The van der Waals surface area contributed by atoms with Gasteiger partial charge in [-0.15, -0.1) is 0 Å². The Kier molecular flexibility index (Phi) is 3.97. The second-order valence-corrected chi connectivity index (χ2v) is 2.34. The average Bonchev–Trinajstić information content (AvgIpc) is 1.99. The van der Waals surface area contributed by atoms with Crippen molar-refractivity contribution in [2.75, 3.05) is 0 Å². The van der Waals surface area contributed by atoms with Gasteiger partial charge >= 0.3 is 0 Å². The molecular formula is C8H12N2O. The highest BCUT2D eigenvalue weighted by molar-refractivity contribution is 5.92. The van der Waals surface area contributed by atoms with E-state index in [4.69, 9.17) is 5.26 Å². The predicted molar refractivity (Wildman–Crippen MR) is 42.6 cm³/mol. The van der Waals surface area contributed by atoms with Crippen LogP contribution in [0.4, 0.5) is 0 Å². The Balaban J connectivity index is 3.94. The maximum Gasteiger partial charge on any atom is 0.247 e. The van der Waals surface area contributed by atoms with Crippen molar-refractivity contribution in [3.05, 3.63) is 12.2 Å². The Morgan fingerprint density at radius 1 is 1.82 bits per heavy atom. The van der Waals surface area contributed by atoms with Gasteiger partial charge in [-0.25, -0.2) is 0 Å². The normalized spacial score (nSPS) is 11.4. The predicted octanol–water partition coefficient (Wildman–Crippen LogP) is 0.981. The number of hydrogen-bond donors (Lipinski definition) is 1. The number of amides is 1. The molecule has 0 aromatic carbocycles. The van der Waals surface area contributed by atoms with Crippen molar-refractivity contribution in [2.45, 2.75) is 26.3 Å². The maximum absolute atomic E-state index is 10.9. The third-order valence-corrected chi connectivity index (χ3v) is 1.26. The zero-order valence-electron chi connectivity index (χ0n) is 6.85. The molecule has 0 fully saturated rings. The summed E-state index contributed by atoms with van der Waals surface area (Å²) in [7, 11) is 0. The lowest BCUT2D eigenvalue weighted by atomic mass is 10.2. The van der Waals surface area contributed by atoms with Gasteiger partial charge < -0.3 is 5.32 Å². The molecule has 0 heterocycles. The first-order valence-electron chi connectivity index (χ1n) is 3.47. The molecular weight excluding hydrogens is 140 g/mol. The Morgan fingerprint density at radius 2 is 2.36 bits per heavy atom. The van der Waals surface area contributed by atoms with Crippen molar-refractivity contribution in [1.29, 1.82) is 5.26 Å². The molecule has 0 aliphatic heterocycles. The van der Waals surface area contributed by atoms with Crippen LogP contribution in [0.5, 0.6) is 0 Å². The van der Waals surface area contributed by atoms with Crippen LogP contribution >= 0.6 is 0 Å². The van der Waals surface area contributed by atoms with Gasteiger partial charge in [-0.05, 0) is 13.3 Å². The van der Waals surface area contributed by atoms with E-state index in [9.17, 15) is 4.79 Å². The Morgan fingerprint density at radius 3 is 2.64 bits per heavy atom. The summed E-state index contributed by atoms with van der Waals surface area (Å²) < 4.78 is 0. The number of nitrogens with zero attached hydrogens (tertiary/aromatic N) is 1. The molecule has 0 rings (SSSR count). The van der Waals surface area contributed by atoms with Crippen LogP contribution in [0.25, 0.3) is 0 Å². The van der Waals surface area contributed by atoms with Crippen LogP contribution in [-0.2, 0) is 4.79 Å². The van der Waals surface area contributed by atoms with Crippen LogP contribution in [0.3, 0.4) is 0 Å². The van der Waals surface area contributed by atoms with Crippen LogP contribution in [0.15, 0.2) is 12.2 Å². The van der Waals surface area contributed by atoms with Gasteiger partial charge in [0.1, 0.15) is 6.04 Å². The number of hydrogen-bond acceptors (Lipinski definition) is 2. The van der Waals surface area contributed by atoms with Crippen molar-refractivity contribution in [2.24, 2.45) is 0 Å². The molecule has 1 atom stereocenters. The first-order valence-corrected chi connectivity index (χ1v) is 3.47. The number of rotatable bonds is 3. The summed E-state index contributed by atoms with van der Waals surface area (Å²) in [5.41, 5.74) is 0.429. The fourth-order valence-corrected chi connectivity index (χ4v) is 0.507. The molecule has 3 heteroatoms. The van der Waals surface area contributed by atoms with E-state index in [1.54, 1.807) is 6.92 Å². The van der Waals surface area contributed by atoms with E-state index >= 15 is 0 Å². The third-order valence-electron chi connectivity index (χ3n) is 1.26. The topological polar surface area (TPSA) is 52.9 Å². The van der Waals surface area contributed by atoms with Crippen LogP contribution in [-0.4, -0.2) is 11.9 Å². The zero-order chi connectivity index (χ0) is 8.85. The Hall–Kier alpha value is -1.30. The van der Waals surface area contributed by atoms with Crippen molar-refractivity contribution in [1.82, 2.24) is 5.32 Å². The number of carbonyl (C=O) groups excluding carboxylic acids is 1. The summed E-state index contributed by atoms with van der Waals surface area (Å²) >= 11 is 0. The standard InChI is InChI=1S/C8H12N2O/c1-4-7(5-9)10-8(11)6(2)3/h7H,2,4H2,1,3H3,(H,10,11). The first-order chi connectivity index (χ1) is 5.11. The van der Waals surface area contributed by atoms with E-state index in [0.29, 0.717) is 12.0 Å². The highest BCUT2D eigenvalue weighted by Gasteiger charge is 2.08. The molecule has 11 heavy (non-hydrogen) atoms. The Bertz CT molecular complexity index is 203. The van der Waals surface area contributed by atoms with Gasteiger partial charge in [0, 0.05) is 5.57 Å². The number of nitriles is 1. The molecule has 60 valence electrons. The Labute approximate surface area is 66.7 Å². The third kappa shape index (κ3) is 3.41. The molecule has 0 saturated carbocycles. The van der Waals surface area contributed by atoms with E-state index in [1.807, 2.05) is 13.0 Å². The molecule has 0 saturated heterocycles. The van der Waals surface area contributed by atoms with Crippen molar-refractivity contribution < 1.29 is 4.79 Å². The molecule has 0 aromatic heterocycles. The molecule has 1 N–H and O–H groups in total. The fourth-order valence-electron chi connectivity index (χ4n) is 0.507. The first kappa shape index (κ1) is 9.70. The van der Waals surface area contributed by atoms with E-state index < -0.39 is 0 Å². The van der Waals surface area contributed by atoms with E-state index in [1.165, 1.54) is 0 Å². The zero-order valence-corrected chi connectivity index (χ0v) is 6.85. The summed E-state index contributed by atoms with van der Waals surface area (Å²) in [6.45, 7) is 6.91. The summed E-state index contributed by atoms with van der Waals surface area (Å²) in [5.74, 6) is -0.251. The van der Waals surface area contributed by atoms with Crippen LogP contribution < -0.4 is 5.32 Å². The van der Waals surface area contributed by atoms with Crippen LogP contribution in [0.2, 0.25) is 0 Å². The quantitative estimate of drug-likeness (QED) is 0.613. The van der Waals surface area contributed by atoms with Crippen LogP contribution in [0.1, 0.15) is 20.3 Å². The van der Waals surface area contributed by atoms with Gasteiger partial charge in [-0.3, -0.25) is 4.79 Å². The van der Waals surface area contributed by atoms with Gasteiger partial charge in [-0.2, -0.15) is 5.26 Å². The maximum atomic E-state index is 10.9. The summed E-state index contributed by atoms with van der Waals surface area (Å²) in [4.78, 5) is 10.9. The average molecular weight is 152 g/mol. The monoisotopic (exact) mass is 152 g/mol. The molecule has 0 radical (unpaired) electrons. The molecule has 0 spiro atoms. The molecule has 0 bridgehead atoms. The molecule has 0 aliphatic rings. The largest absolute Gasteiger partial charge is 0.337 e. The SMILES string of the molecule is C=C(C)C(=O)NC(C#N)CC. The minimum Gasteiger partial charge on any atom is -0.337 e. The van der Waals surface area contributed by atoms with Gasteiger partial charge in [-0.1, -0.05) is 13.5 Å². The van der Waals surface area contributed by atoms with Gasteiger partial charge in [0.2, 0.25) is 5.91 Å². The summed E-state index contributed by atoms with van der Waals surface area (Å²) in [6, 6.07) is 1.57. The molecule has 0 aliphatic carbocycles. The molecule has 0 aromatic rings. The van der Waals surface area contributed by atoms with Gasteiger partial charge in [0.25, 0.3) is 0 Å². The molecule has 3 nitrogen and oxygen atoms in total. The minimum atomic E-state index is -0.390. The van der Waals surface area contributed by atoms with E-state index in [0.717, 1.165) is 0 Å². The molecule has 1 unspecified atom stereocenters. The summed E-state index contributed by atoms with van der Waals surface area (Å²) in [5, 5.41) is 11.0. The lowest BCUT2D eigenvalue weighted by molar-refractivity contribution is -0.117. The van der Waals surface area contributed by atoms with Crippen LogP contribution in [0, 0.1) is 11.3 Å². The second kappa shape index (κ2) is 4.51. The highest BCUT2D eigenvalue weighted by Crippen LogP contribution is 1.92. The number of carbonyl (C=O) groups is 1. The lowest BCUT2D eigenvalue weighted by Crippen LogP contribution is -2.33.